The van der Waals surface area contributed by atoms with E-state index in [-0.39, 0.29) is 21.9 Å². The summed E-state index contributed by atoms with van der Waals surface area (Å²) in [5.74, 6) is -0.548. The fourth-order valence-corrected chi connectivity index (χ4v) is 4.86. The van der Waals surface area contributed by atoms with Crippen LogP contribution in [0.15, 0.2) is 53.4 Å². The van der Waals surface area contributed by atoms with E-state index in [1.54, 1.807) is 6.07 Å². The van der Waals surface area contributed by atoms with E-state index in [1.165, 1.54) is 42.5 Å². The van der Waals surface area contributed by atoms with Crippen molar-refractivity contribution in [1.29, 1.82) is 0 Å². The third kappa shape index (κ3) is 7.62. The van der Waals surface area contributed by atoms with Crippen LogP contribution in [0.3, 0.4) is 0 Å². The molecule has 0 spiro atoms. The topological polar surface area (TPSA) is 109 Å². The molecule has 0 aliphatic carbocycles. The normalized spacial score (nSPS) is 11.8. The summed E-state index contributed by atoms with van der Waals surface area (Å²) in [6, 6.07) is 9.96. The predicted molar refractivity (Wildman–Crippen MR) is 120 cm³/mol. The lowest BCUT2D eigenvalue weighted by Gasteiger charge is -2.12. The van der Waals surface area contributed by atoms with Crippen molar-refractivity contribution in [3.8, 4) is 0 Å². The number of nitrogens with one attached hydrogen (secondary N) is 2. The highest BCUT2D eigenvalue weighted by Gasteiger charge is 2.17. The number of sulfone groups is 1. The number of alkyl halides is 1. The van der Waals surface area contributed by atoms with E-state index in [0.29, 0.717) is 12.1 Å². The second-order valence-corrected chi connectivity index (χ2v) is 10.8. The van der Waals surface area contributed by atoms with Crippen molar-refractivity contribution < 1.29 is 26.0 Å². The SMILES string of the molecule is CCCCCCCS(=O)(=O)c1ccc(NC(=O)c2ccccc2NS(=O)(=O)CF)cc1. The van der Waals surface area contributed by atoms with Crippen LogP contribution in [-0.2, 0) is 19.9 Å². The van der Waals surface area contributed by atoms with Gasteiger partial charge in [0.15, 0.2) is 9.84 Å². The van der Waals surface area contributed by atoms with Gasteiger partial charge in [-0.3, -0.25) is 9.52 Å². The second kappa shape index (κ2) is 11.2. The number of rotatable bonds is 12. The minimum absolute atomic E-state index is 0.00306. The maximum atomic E-state index is 12.6. The number of carbonyl (C=O) groups is 1. The maximum absolute atomic E-state index is 12.6. The lowest BCUT2D eigenvalue weighted by Crippen LogP contribution is -2.19. The summed E-state index contributed by atoms with van der Waals surface area (Å²) in [5.41, 5.74) is 0.290. The molecule has 0 saturated heterocycles. The van der Waals surface area contributed by atoms with E-state index in [4.69, 9.17) is 0 Å². The van der Waals surface area contributed by atoms with Gasteiger partial charge in [-0.15, -0.1) is 0 Å². The number of carbonyl (C=O) groups excluding carboxylic acids is 1. The molecule has 0 aliphatic rings. The molecule has 7 nitrogen and oxygen atoms in total. The van der Waals surface area contributed by atoms with Crippen LogP contribution in [0.25, 0.3) is 0 Å². The highest BCUT2D eigenvalue weighted by atomic mass is 32.2. The molecule has 0 heterocycles. The van der Waals surface area contributed by atoms with Gasteiger partial charge in [0.1, 0.15) is 0 Å². The molecule has 0 unspecified atom stereocenters. The number of hydrogen-bond acceptors (Lipinski definition) is 5. The van der Waals surface area contributed by atoms with Gasteiger partial charge in [0, 0.05) is 5.69 Å². The molecule has 0 fully saturated rings. The lowest BCUT2D eigenvalue weighted by atomic mass is 10.1. The highest BCUT2D eigenvalue weighted by Crippen LogP contribution is 2.21. The van der Waals surface area contributed by atoms with E-state index >= 15 is 0 Å². The number of hydrogen-bond donors (Lipinski definition) is 2. The first-order chi connectivity index (χ1) is 14.7. The van der Waals surface area contributed by atoms with Crippen LogP contribution in [0.5, 0.6) is 0 Å². The van der Waals surface area contributed by atoms with Gasteiger partial charge >= 0.3 is 0 Å². The summed E-state index contributed by atoms with van der Waals surface area (Å²) >= 11 is 0. The molecule has 2 aromatic carbocycles. The van der Waals surface area contributed by atoms with E-state index in [0.717, 1.165) is 25.7 Å². The number of amides is 1. The number of sulfonamides is 1. The Kier molecular flexibility index (Phi) is 9.00. The van der Waals surface area contributed by atoms with E-state index < -0.39 is 31.8 Å². The van der Waals surface area contributed by atoms with Crippen molar-refractivity contribution >= 4 is 37.1 Å². The molecule has 170 valence electrons. The number of halogens is 1. The zero-order valence-corrected chi connectivity index (χ0v) is 18.9. The van der Waals surface area contributed by atoms with E-state index in [2.05, 4.69) is 12.2 Å². The van der Waals surface area contributed by atoms with Gasteiger partial charge in [0.25, 0.3) is 15.9 Å². The predicted octanol–water partition coefficient (Wildman–Crippen LogP) is 4.35. The van der Waals surface area contributed by atoms with Crippen LogP contribution in [0.2, 0.25) is 0 Å². The van der Waals surface area contributed by atoms with Crippen LogP contribution in [0, 0.1) is 0 Å². The summed E-state index contributed by atoms with van der Waals surface area (Å²) in [5, 5.41) is 2.59. The van der Waals surface area contributed by atoms with Gasteiger partial charge < -0.3 is 5.32 Å². The summed E-state index contributed by atoms with van der Waals surface area (Å²) in [7, 11) is -7.60. The molecule has 2 N–H and O–H groups in total. The molecule has 2 aromatic rings. The standard InChI is InChI=1S/C21H27FN2O5S2/c1-2-3-4-5-8-15-30(26,27)18-13-11-17(12-14-18)23-21(25)19-9-6-7-10-20(19)24-31(28,29)16-22/h6-7,9-14,24H,2-5,8,15-16H2,1H3,(H,23,25). The summed E-state index contributed by atoms with van der Waals surface area (Å²) in [6.45, 7) is 2.10. The molecule has 0 atom stereocenters. The monoisotopic (exact) mass is 470 g/mol. The number of para-hydroxylation sites is 1. The van der Waals surface area contributed by atoms with Gasteiger partial charge in [0.2, 0.25) is 6.01 Å². The molecule has 0 aromatic heterocycles. The Bertz CT molecular complexity index is 1090. The minimum Gasteiger partial charge on any atom is -0.322 e. The van der Waals surface area contributed by atoms with Crippen LogP contribution in [0.1, 0.15) is 49.4 Å². The Balaban J connectivity index is 2.06. The van der Waals surface area contributed by atoms with E-state index in [1.807, 2.05) is 4.72 Å². The molecule has 0 radical (unpaired) electrons. The maximum Gasteiger partial charge on any atom is 0.262 e. The fraction of sp³-hybridized carbons (Fsp3) is 0.381. The molecule has 1 amide bonds. The molecule has 31 heavy (non-hydrogen) atoms. The average molecular weight is 471 g/mol. The first-order valence-corrected chi connectivity index (χ1v) is 13.3. The van der Waals surface area contributed by atoms with Crippen LogP contribution in [0.4, 0.5) is 15.8 Å². The van der Waals surface area contributed by atoms with Gasteiger partial charge in [0.05, 0.1) is 21.9 Å². The van der Waals surface area contributed by atoms with E-state index in [9.17, 15) is 26.0 Å². The molecule has 0 bridgehead atoms. The zero-order valence-electron chi connectivity index (χ0n) is 17.3. The smallest absolute Gasteiger partial charge is 0.262 e. The summed E-state index contributed by atoms with van der Waals surface area (Å²) in [6.07, 6.45) is 4.66. The number of benzene rings is 2. The van der Waals surface area contributed by atoms with Crippen LogP contribution in [-0.4, -0.2) is 34.5 Å². The molecular weight excluding hydrogens is 443 g/mol. The molecule has 10 heteroatoms. The van der Waals surface area contributed by atoms with Crippen molar-refractivity contribution in [1.82, 2.24) is 0 Å². The largest absolute Gasteiger partial charge is 0.322 e. The second-order valence-electron chi connectivity index (χ2n) is 7.08. The number of anilines is 2. The third-order valence-corrected chi connectivity index (χ3v) is 7.20. The Morgan fingerprint density at radius 3 is 2.19 bits per heavy atom. The van der Waals surface area contributed by atoms with Crippen molar-refractivity contribution in [2.45, 2.75) is 43.9 Å². The van der Waals surface area contributed by atoms with Gasteiger partial charge in [-0.2, -0.15) is 0 Å². The highest BCUT2D eigenvalue weighted by molar-refractivity contribution is 7.92. The van der Waals surface area contributed by atoms with Crippen molar-refractivity contribution in [3.63, 3.8) is 0 Å². The van der Waals surface area contributed by atoms with Crippen molar-refractivity contribution in [2.24, 2.45) is 0 Å². The average Bonchev–Trinajstić information content (AvgIpc) is 2.74. The number of unbranched alkanes of at least 4 members (excludes halogenated alkanes) is 4. The van der Waals surface area contributed by atoms with Gasteiger partial charge in [-0.05, 0) is 42.8 Å². The third-order valence-electron chi connectivity index (χ3n) is 4.57. The quantitative estimate of drug-likeness (QED) is 0.448. The zero-order chi connectivity index (χ0) is 22.9. The van der Waals surface area contributed by atoms with Crippen molar-refractivity contribution in [2.75, 3.05) is 21.8 Å². The Morgan fingerprint density at radius 1 is 0.903 bits per heavy atom. The van der Waals surface area contributed by atoms with Crippen molar-refractivity contribution in [3.05, 3.63) is 54.1 Å². The van der Waals surface area contributed by atoms with Crippen LogP contribution >= 0.6 is 0 Å². The molecule has 0 aliphatic heterocycles. The van der Waals surface area contributed by atoms with Gasteiger partial charge in [-0.25, -0.2) is 21.2 Å². The van der Waals surface area contributed by atoms with Crippen LogP contribution < -0.4 is 10.0 Å². The Labute approximate surface area is 183 Å². The Morgan fingerprint density at radius 2 is 1.55 bits per heavy atom. The minimum atomic E-state index is -4.20. The first-order valence-electron chi connectivity index (χ1n) is 9.98. The summed E-state index contributed by atoms with van der Waals surface area (Å²) in [4.78, 5) is 12.7. The first kappa shape index (κ1) is 24.8. The molecule has 2 rings (SSSR count). The Hall–Kier alpha value is -2.46. The summed E-state index contributed by atoms with van der Waals surface area (Å²) < 4.78 is 62.5. The molecule has 0 saturated carbocycles. The molecular formula is C21H27FN2O5S2. The lowest BCUT2D eigenvalue weighted by molar-refractivity contribution is 0.102. The van der Waals surface area contributed by atoms with Gasteiger partial charge in [-0.1, -0.05) is 44.7 Å². The fourth-order valence-electron chi connectivity index (χ4n) is 2.92.